The molecule has 0 saturated heterocycles. The SMILES string of the molecule is CCCCN(C)C(=O)c1ccc(CN2C(=O)COc3ccccc32)cc1. The monoisotopic (exact) mass is 352 g/mol. The van der Waals surface area contributed by atoms with Gasteiger partial charge in [-0.3, -0.25) is 9.59 Å². The summed E-state index contributed by atoms with van der Waals surface area (Å²) in [5.41, 5.74) is 2.42. The summed E-state index contributed by atoms with van der Waals surface area (Å²) in [4.78, 5) is 28.2. The van der Waals surface area contributed by atoms with Crippen molar-refractivity contribution in [1.82, 2.24) is 4.90 Å². The molecule has 0 aromatic heterocycles. The number of carbonyl (C=O) groups is 2. The molecule has 3 rings (SSSR count). The number of amides is 2. The highest BCUT2D eigenvalue weighted by Gasteiger charge is 2.25. The van der Waals surface area contributed by atoms with E-state index in [0.29, 0.717) is 12.1 Å². The van der Waals surface area contributed by atoms with Gasteiger partial charge in [0.2, 0.25) is 0 Å². The summed E-state index contributed by atoms with van der Waals surface area (Å²) in [6.07, 6.45) is 2.06. The first-order valence-corrected chi connectivity index (χ1v) is 8.96. The molecule has 26 heavy (non-hydrogen) atoms. The minimum absolute atomic E-state index is 0.0257. The molecule has 1 aliphatic rings. The van der Waals surface area contributed by atoms with Crippen molar-refractivity contribution in [2.75, 3.05) is 25.1 Å². The van der Waals surface area contributed by atoms with E-state index in [2.05, 4.69) is 6.92 Å². The lowest BCUT2D eigenvalue weighted by molar-refractivity contribution is -0.121. The second-order valence-corrected chi connectivity index (χ2v) is 6.51. The minimum Gasteiger partial charge on any atom is -0.482 e. The highest BCUT2D eigenvalue weighted by atomic mass is 16.5. The van der Waals surface area contributed by atoms with Gasteiger partial charge < -0.3 is 14.5 Å². The fourth-order valence-corrected chi connectivity index (χ4v) is 2.98. The number of unbranched alkanes of at least 4 members (excludes halogenated alkanes) is 1. The molecular weight excluding hydrogens is 328 g/mol. The van der Waals surface area contributed by atoms with E-state index in [4.69, 9.17) is 4.74 Å². The van der Waals surface area contributed by atoms with Crippen LogP contribution >= 0.6 is 0 Å². The number of carbonyl (C=O) groups excluding carboxylic acids is 2. The van der Waals surface area contributed by atoms with Gasteiger partial charge in [-0.1, -0.05) is 37.6 Å². The van der Waals surface area contributed by atoms with Crippen molar-refractivity contribution in [2.45, 2.75) is 26.3 Å². The Bertz CT molecular complexity index is 786. The lowest BCUT2D eigenvalue weighted by Crippen LogP contribution is -2.38. The molecule has 136 valence electrons. The highest BCUT2D eigenvalue weighted by Crippen LogP contribution is 2.32. The second kappa shape index (κ2) is 8.04. The van der Waals surface area contributed by atoms with Crippen molar-refractivity contribution in [2.24, 2.45) is 0 Å². The molecule has 0 N–H and O–H groups in total. The van der Waals surface area contributed by atoms with Gasteiger partial charge in [-0.05, 0) is 36.2 Å². The Morgan fingerprint density at radius 3 is 2.62 bits per heavy atom. The summed E-state index contributed by atoms with van der Waals surface area (Å²) in [5.74, 6) is 0.678. The number of anilines is 1. The third-order valence-electron chi connectivity index (χ3n) is 4.54. The third kappa shape index (κ3) is 3.87. The molecule has 0 aliphatic carbocycles. The zero-order chi connectivity index (χ0) is 18.5. The van der Waals surface area contributed by atoms with E-state index in [-0.39, 0.29) is 18.4 Å². The summed E-state index contributed by atoms with van der Waals surface area (Å²) in [5, 5.41) is 0. The number of hydrogen-bond acceptors (Lipinski definition) is 3. The van der Waals surface area contributed by atoms with E-state index in [9.17, 15) is 9.59 Å². The Kier molecular flexibility index (Phi) is 5.56. The molecule has 5 heteroatoms. The zero-order valence-electron chi connectivity index (χ0n) is 15.3. The largest absolute Gasteiger partial charge is 0.482 e. The third-order valence-corrected chi connectivity index (χ3v) is 4.54. The predicted octanol–water partition coefficient (Wildman–Crippen LogP) is 3.48. The molecule has 1 heterocycles. The highest BCUT2D eigenvalue weighted by molar-refractivity contribution is 5.98. The maximum Gasteiger partial charge on any atom is 0.265 e. The summed E-state index contributed by atoms with van der Waals surface area (Å²) < 4.78 is 5.47. The normalized spacial score (nSPS) is 13.2. The van der Waals surface area contributed by atoms with Crippen molar-refractivity contribution < 1.29 is 14.3 Å². The molecule has 0 bridgehead atoms. The Balaban J connectivity index is 1.72. The van der Waals surface area contributed by atoms with E-state index in [1.807, 2.05) is 55.6 Å². The molecule has 2 aromatic rings. The molecule has 0 unspecified atom stereocenters. The number of ether oxygens (including phenoxy) is 1. The summed E-state index contributed by atoms with van der Waals surface area (Å²) >= 11 is 0. The average Bonchev–Trinajstić information content (AvgIpc) is 2.68. The van der Waals surface area contributed by atoms with Gasteiger partial charge in [0.25, 0.3) is 11.8 Å². The number of benzene rings is 2. The van der Waals surface area contributed by atoms with E-state index in [0.717, 1.165) is 36.4 Å². The zero-order valence-corrected chi connectivity index (χ0v) is 15.3. The van der Waals surface area contributed by atoms with Crippen LogP contribution in [0.1, 0.15) is 35.7 Å². The van der Waals surface area contributed by atoms with Crippen molar-refractivity contribution >= 4 is 17.5 Å². The van der Waals surface area contributed by atoms with Gasteiger partial charge >= 0.3 is 0 Å². The smallest absolute Gasteiger partial charge is 0.265 e. The summed E-state index contributed by atoms with van der Waals surface area (Å²) in [7, 11) is 1.83. The van der Waals surface area contributed by atoms with Crippen LogP contribution in [-0.2, 0) is 11.3 Å². The molecule has 2 aromatic carbocycles. The molecule has 0 saturated carbocycles. The van der Waals surface area contributed by atoms with Crippen LogP contribution in [0.4, 0.5) is 5.69 Å². The first kappa shape index (κ1) is 18.0. The van der Waals surface area contributed by atoms with Crippen molar-refractivity contribution in [3.63, 3.8) is 0 Å². The van der Waals surface area contributed by atoms with E-state index in [1.165, 1.54) is 0 Å². The summed E-state index contributed by atoms with van der Waals surface area (Å²) in [6, 6.07) is 15.0. The van der Waals surface area contributed by atoms with Crippen LogP contribution in [-0.4, -0.2) is 36.9 Å². The van der Waals surface area contributed by atoms with Crippen LogP contribution in [0.2, 0.25) is 0 Å². The molecular formula is C21H24N2O3. The number of fused-ring (bicyclic) bond motifs is 1. The van der Waals surface area contributed by atoms with Crippen molar-refractivity contribution in [1.29, 1.82) is 0 Å². The van der Waals surface area contributed by atoms with Crippen LogP contribution in [0.3, 0.4) is 0 Å². The van der Waals surface area contributed by atoms with Crippen molar-refractivity contribution in [3.05, 3.63) is 59.7 Å². The van der Waals surface area contributed by atoms with Crippen LogP contribution < -0.4 is 9.64 Å². The number of para-hydroxylation sites is 2. The molecule has 0 atom stereocenters. The van der Waals surface area contributed by atoms with E-state index < -0.39 is 0 Å². The van der Waals surface area contributed by atoms with Gasteiger partial charge in [-0.2, -0.15) is 0 Å². The van der Waals surface area contributed by atoms with Crippen molar-refractivity contribution in [3.8, 4) is 5.75 Å². The number of hydrogen-bond donors (Lipinski definition) is 0. The Morgan fingerprint density at radius 2 is 1.88 bits per heavy atom. The standard InChI is InChI=1S/C21H24N2O3/c1-3-4-13-22(2)21(25)17-11-9-16(10-12-17)14-23-18-7-5-6-8-19(18)26-15-20(23)24/h5-12H,3-4,13-15H2,1-2H3. The number of nitrogens with zero attached hydrogens (tertiary/aromatic N) is 2. The van der Waals surface area contributed by atoms with Gasteiger partial charge in [0, 0.05) is 19.2 Å². The summed E-state index contributed by atoms with van der Waals surface area (Å²) in [6.45, 7) is 3.38. The first-order chi connectivity index (χ1) is 12.6. The first-order valence-electron chi connectivity index (χ1n) is 8.96. The second-order valence-electron chi connectivity index (χ2n) is 6.51. The van der Waals surface area contributed by atoms with Gasteiger partial charge in [0.15, 0.2) is 6.61 Å². The average molecular weight is 352 g/mol. The van der Waals surface area contributed by atoms with Gasteiger partial charge in [-0.25, -0.2) is 0 Å². The lowest BCUT2D eigenvalue weighted by atomic mass is 10.1. The Hall–Kier alpha value is -2.82. The Labute approximate surface area is 154 Å². The van der Waals surface area contributed by atoms with E-state index in [1.54, 1.807) is 9.80 Å². The molecule has 1 aliphatic heterocycles. The fourth-order valence-electron chi connectivity index (χ4n) is 2.98. The Morgan fingerprint density at radius 1 is 1.15 bits per heavy atom. The topological polar surface area (TPSA) is 49.9 Å². The quantitative estimate of drug-likeness (QED) is 0.800. The number of rotatable bonds is 6. The van der Waals surface area contributed by atoms with Crippen LogP contribution in [0.5, 0.6) is 5.75 Å². The van der Waals surface area contributed by atoms with Crippen LogP contribution in [0.15, 0.2) is 48.5 Å². The predicted molar refractivity (Wildman–Crippen MR) is 101 cm³/mol. The molecule has 5 nitrogen and oxygen atoms in total. The van der Waals surface area contributed by atoms with Crippen LogP contribution in [0.25, 0.3) is 0 Å². The van der Waals surface area contributed by atoms with Gasteiger partial charge in [-0.15, -0.1) is 0 Å². The molecule has 0 radical (unpaired) electrons. The fraction of sp³-hybridized carbons (Fsp3) is 0.333. The van der Waals surface area contributed by atoms with E-state index >= 15 is 0 Å². The maximum atomic E-state index is 12.4. The van der Waals surface area contributed by atoms with Gasteiger partial charge in [0.05, 0.1) is 12.2 Å². The molecule has 2 amide bonds. The lowest BCUT2D eigenvalue weighted by Gasteiger charge is -2.29. The molecule has 0 fully saturated rings. The maximum absolute atomic E-state index is 12.4. The minimum atomic E-state index is -0.0665. The van der Waals surface area contributed by atoms with Gasteiger partial charge in [0.1, 0.15) is 5.75 Å². The van der Waals surface area contributed by atoms with Crippen LogP contribution in [0, 0.1) is 0 Å². The molecule has 0 spiro atoms.